The highest BCUT2D eigenvalue weighted by atomic mass is 35.5. The van der Waals surface area contributed by atoms with Crippen LogP contribution in [0.1, 0.15) is 28.5 Å². The molecule has 1 aromatic carbocycles. The molecule has 3 heterocycles. The van der Waals surface area contributed by atoms with Gasteiger partial charge in [0.15, 0.2) is 5.82 Å². The molecule has 0 unspecified atom stereocenters. The summed E-state index contributed by atoms with van der Waals surface area (Å²) in [5.74, 6) is 1.16. The van der Waals surface area contributed by atoms with E-state index in [1.165, 1.54) is 4.68 Å². The van der Waals surface area contributed by atoms with Crippen molar-refractivity contribution in [3.8, 4) is 5.75 Å². The molecule has 0 saturated heterocycles. The first-order valence-corrected chi connectivity index (χ1v) is 9.84. The number of hydrogen-bond acceptors (Lipinski definition) is 8. The van der Waals surface area contributed by atoms with Crippen molar-refractivity contribution in [2.75, 3.05) is 23.9 Å². The summed E-state index contributed by atoms with van der Waals surface area (Å²) in [5.41, 5.74) is 1.74. The zero-order chi connectivity index (χ0) is 22.0. The van der Waals surface area contributed by atoms with Gasteiger partial charge in [-0.1, -0.05) is 0 Å². The fourth-order valence-electron chi connectivity index (χ4n) is 3.26. The van der Waals surface area contributed by atoms with Gasteiger partial charge in [0, 0.05) is 17.3 Å². The summed E-state index contributed by atoms with van der Waals surface area (Å²) in [7, 11) is 1.55. The van der Waals surface area contributed by atoms with Gasteiger partial charge in [0.25, 0.3) is 5.91 Å². The number of aromatic nitrogens is 4. The Morgan fingerprint density at radius 1 is 1.19 bits per heavy atom. The van der Waals surface area contributed by atoms with Crippen LogP contribution in [-0.2, 0) is 17.8 Å². The monoisotopic (exact) mass is 442 g/mol. The quantitative estimate of drug-likeness (QED) is 0.600. The molecule has 31 heavy (non-hydrogen) atoms. The van der Waals surface area contributed by atoms with Gasteiger partial charge in [-0.3, -0.25) is 4.79 Å². The van der Waals surface area contributed by atoms with Crippen molar-refractivity contribution in [2.45, 2.75) is 20.0 Å². The van der Waals surface area contributed by atoms with Crippen LogP contribution in [0.15, 0.2) is 36.5 Å². The number of nitrogens with zero attached hydrogens (tertiary/aromatic N) is 5. The number of fused-ring (bicyclic) bond motifs is 1. The first-order valence-electron chi connectivity index (χ1n) is 9.47. The average molecular weight is 443 g/mol. The second-order valence-corrected chi connectivity index (χ2v) is 6.95. The van der Waals surface area contributed by atoms with E-state index in [-0.39, 0.29) is 23.6 Å². The van der Waals surface area contributed by atoms with Gasteiger partial charge >= 0.3 is 6.09 Å². The van der Waals surface area contributed by atoms with Crippen LogP contribution >= 0.6 is 11.6 Å². The van der Waals surface area contributed by atoms with Crippen LogP contribution < -0.4 is 15.0 Å². The molecule has 0 spiro atoms. The topological polar surface area (TPSA) is 111 Å². The molecule has 3 aromatic rings. The highest BCUT2D eigenvalue weighted by molar-refractivity contribution is 6.28. The predicted octanol–water partition coefficient (Wildman–Crippen LogP) is 3.11. The maximum Gasteiger partial charge on any atom is 0.435 e. The normalized spacial score (nSPS) is 12.4. The van der Waals surface area contributed by atoms with Crippen LogP contribution in [0.5, 0.6) is 5.75 Å². The Kier molecular flexibility index (Phi) is 5.72. The lowest BCUT2D eigenvalue weighted by atomic mass is 10.2. The second kappa shape index (κ2) is 8.60. The maximum absolute atomic E-state index is 12.7. The van der Waals surface area contributed by atoms with Crippen molar-refractivity contribution < 1.29 is 19.1 Å². The molecule has 160 valence electrons. The van der Waals surface area contributed by atoms with E-state index in [1.54, 1.807) is 50.6 Å². The van der Waals surface area contributed by atoms with E-state index in [1.807, 2.05) is 4.90 Å². The number of amides is 1. The van der Waals surface area contributed by atoms with Gasteiger partial charge in [-0.25, -0.2) is 14.8 Å². The summed E-state index contributed by atoms with van der Waals surface area (Å²) in [4.78, 5) is 35.2. The number of rotatable bonds is 5. The van der Waals surface area contributed by atoms with Crippen LogP contribution in [0.25, 0.3) is 0 Å². The molecule has 0 bridgehead atoms. The van der Waals surface area contributed by atoms with Crippen molar-refractivity contribution in [1.29, 1.82) is 0 Å². The number of nitrogens with one attached hydrogen (secondary N) is 1. The Morgan fingerprint density at radius 2 is 1.97 bits per heavy atom. The molecule has 0 fully saturated rings. The molecule has 4 rings (SSSR count). The third kappa shape index (κ3) is 4.15. The van der Waals surface area contributed by atoms with Crippen molar-refractivity contribution in [2.24, 2.45) is 0 Å². The van der Waals surface area contributed by atoms with Gasteiger partial charge in [-0.05, 0) is 48.9 Å². The molecule has 0 aliphatic carbocycles. The SMILES string of the molecule is CCOC(=O)n1nc(NC(=O)c2ccc(OC)cc2)c2c1CN(c1ccnc(Cl)n1)C2. The molecule has 0 saturated carbocycles. The molecule has 10 nitrogen and oxygen atoms in total. The van der Waals surface area contributed by atoms with Crippen LogP contribution in [0.2, 0.25) is 5.28 Å². The largest absolute Gasteiger partial charge is 0.497 e. The van der Waals surface area contributed by atoms with Crippen molar-refractivity contribution in [3.05, 3.63) is 58.6 Å². The summed E-state index contributed by atoms with van der Waals surface area (Å²) in [5, 5.41) is 7.21. The fourth-order valence-corrected chi connectivity index (χ4v) is 3.41. The number of carbonyl (C=O) groups excluding carboxylic acids is 2. The van der Waals surface area contributed by atoms with E-state index in [2.05, 4.69) is 20.4 Å². The van der Waals surface area contributed by atoms with Gasteiger partial charge < -0.3 is 19.7 Å². The van der Waals surface area contributed by atoms with Crippen LogP contribution in [-0.4, -0.2) is 45.5 Å². The highest BCUT2D eigenvalue weighted by Gasteiger charge is 2.32. The minimum absolute atomic E-state index is 0.119. The number of ether oxygens (including phenoxy) is 2. The molecule has 1 aliphatic heterocycles. The molecule has 11 heteroatoms. The Labute approximate surface area is 182 Å². The van der Waals surface area contributed by atoms with Crippen molar-refractivity contribution in [3.63, 3.8) is 0 Å². The second-order valence-electron chi connectivity index (χ2n) is 6.61. The lowest BCUT2D eigenvalue weighted by molar-refractivity contribution is 0.102. The Balaban J connectivity index is 1.64. The first-order chi connectivity index (χ1) is 15.0. The van der Waals surface area contributed by atoms with E-state index in [4.69, 9.17) is 21.1 Å². The molecule has 1 amide bonds. The third-order valence-electron chi connectivity index (χ3n) is 4.74. The number of methoxy groups -OCH3 is 1. The van der Waals surface area contributed by atoms with Gasteiger partial charge in [0.2, 0.25) is 5.28 Å². The van der Waals surface area contributed by atoms with Crippen LogP contribution in [0.3, 0.4) is 0 Å². The van der Waals surface area contributed by atoms with E-state index in [0.29, 0.717) is 41.5 Å². The smallest absolute Gasteiger partial charge is 0.435 e. The van der Waals surface area contributed by atoms with Crippen molar-refractivity contribution >= 4 is 35.2 Å². The molecule has 1 N–H and O–H groups in total. The summed E-state index contributed by atoms with van der Waals surface area (Å²) in [6.45, 7) is 2.63. The number of halogens is 1. The van der Waals surface area contributed by atoms with E-state index in [9.17, 15) is 9.59 Å². The Bertz CT molecular complexity index is 1130. The molecular formula is C20H19ClN6O4. The zero-order valence-corrected chi connectivity index (χ0v) is 17.6. The van der Waals surface area contributed by atoms with E-state index < -0.39 is 6.09 Å². The Morgan fingerprint density at radius 3 is 2.65 bits per heavy atom. The summed E-state index contributed by atoms with van der Waals surface area (Å²) < 4.78 is 11.4. The maximum atomic E-state index is 12.7. The Hall–Kier alpha value is -3.66. The van der Waals surface area contributed by atoms with E-state index in [0.717, 1.165) is 0 Å². The lowest BCUT2D eigenvalue weighted by Gasteiger charge is -2.17. The van der Waals surface area contributed by atoms with Crippen molar-refractivity contribution in [1.82, 2.24) is 19.7 Å². The summed E-state index contributed by atoms with van der Waals surface area (Å²) in [6.07, 6.45) is 0.934. The number of benzene rings is 1. The minimum Gasteiger partial charge on any atom is -0.497 e. The van der Waals surface area contributed by atoms with E-state index >= 15 is 0 Å². The molecular weight excluding hydrogens is 424 g/mol. The molecule has 1 aliphatic rings. The summed E-state index contributed by atoms with van der Waals surface area (Å²) >= 11 is 5.91. The summed E-state index contributed by atoms with van der Waals surface area (Å²) in [6, 6.07) is 8.39. The molecule has 2 aromatic heterocycles. The minimum atomic E-state index is -0.619. The third-order valence-corrected chi connectivity index (χ3v) is 4.92. The average Bonchev–Trinajstić information content (AvgIpc) is 3.34. The van der Waals surface area contributed by atoms with Gasteiger partial charge in [0.1, 0.15) is 11.6 Å². The zero-order valence-electron chi connectivity index (χ0n) is 16.8. The molecule has 0 atom stereocenters. The van der Waals surface area contributed by atoms with Gasteiger partial charge in [-0.15, -0.1) is 5.10 Å². The highest BCUT2D eigenvalue weighted by Crippen LogP contribution is 2.32. The van der Waals surface area contributed by atoms with Gasteiger partial charge in [-0.2, -0.15) is 4.68 Å². The number of anilines is 2. The standard InChI is InChI=1S/C20H19ClN6O4/c1-3-31-20(29)27-15-11-26(16-8-9-22-19(21)23-16)10-14(15)17(25-27)24-18(28)12-4-6-13(30-2)7-5-12/h4-9H,3,10-11H2,1-2H3,(H,24,25,28). The number of carbonyl (C=O) groups is 2. The van der Waals surface area contributed by atoms with Gasteiger partial charge in [0.05, 0.1) is 32.5 Å². The van der Waals surface area contributed by atoms with Crippen LogP contribution in [0.4, 0.5) is 16.4 Å². The fraction of sp³-hybridized carbons (Fsp3) is 0.250. The van der Waals surface area contributed by atoms with Crippen LogP contribution in [0, 0.1) is 0 Å². The predicted molar refractivity (Wildman–Crippen MR) is 113 cm³/mol. The lowest BCUT2D eigenvalue weighted by Crippen LogP contribution is -2.23. The number of hydrogen-bond donors (Lipinski definition) is 1. The molecule has 0 radical (unpaired) electrons. The first kappa shape index (κ1) is 20.6.